The van der Waals surface area contributed by atoms with Crippen LogP contribution in [-0.2, 0) is 6.54 Å². The Morgan fingerprint density at radius 1 is 1.21 bits per heavy atom. The van der Waals surface area contributed by atoms with Gasteiger partial charge in [0.2, 0.25) is 0 Å². The van der Waals surface area contributed by atoms with Crippen molar-refractivity contribution in [1.82, 2.24) is 15.6 Å². The van der Waals surface area contributed by atoms with Gasteiger partial charge in [-0.2, -0.15) is 0 Å². The summed E-state index contributed by atoms with van der Waals surface area (Å²) >= 11 is 0. The molecule has 102 valence electrons. The maximum atomic E-state index is 3.60. The van der Waals surface area contributed by atoms with Crippen molar-refractivity contribution in [3.05, 3.63) is 36.0 Å². The Kier molecular flexibility index (Phi) is 4.16. The number of hydrogen-bond donors (Lipinski definition) is 3. The minimum atomic E-state index is 0.726. The first kappa shape index (κ1) is 12.7. The second kappa shape index (κ2) is 6.22. The molecule has 1 unspecified atom stereocenters. The first-order valence-electron chi connectivity index (χ1n) is 7.42. The number of rotatable bonds is 5. The third kappa shape index (κ3) is 3.17. The highest BCUT2D eigenvalue weighted by atomic mass is 14.9. The largest absolute Gasteiger partial charge is 0.361 e. The first-order valence-corrected chi connectivity index (χ1v) is 7.42. The summed E-state index contributed by atoms with van der Waals surface area (Å²) < 4.78 is 0. The van der Waals surface area contributed by atoms with Crippen molar-refractivity contribution in [3.63, 3.8) is 0 Å². The second-order valence-corrected chi connectivity index (χ2v) is 5.47. The second-order valence-electron chi connectivity index (χ2n) is 5.47. The molecule has 0 amide bonds. The van der Waals surface area contributed by atoms with Crippen LogP contribution in [0.4, 0.5) is 0 Å². The molecule has 19 heavy (non-hydrogen) atoms. The number of aromatic nitrogens is 1. The highest BCUT2D eigenvalue weighted by Gasteiger charge is 2.11. The van der Waals surface area contributed by atoms with E-state index in [1.165, 1.54) is 48.7 Å². The van der Waals surface area contributed by atoms with Crippen LogP contribution < -0.4 is 10.6 Å². The SMILES string of the molecule is c1ccc2c(CNCCC3CCCCN3)c[nH]c2c1. The van der Waals surface area contributed by atoms with Crippen molar-refractivity contribution in [3.8, 4) is 0 Å². The van der Waals surface area contributed by atoms with Crippen LogP contribution in [0.25, 0.3) is 10.9 Å². The van der Waals surface area contributed by atoms with Crippen molar-refractivity contribution in [1.29, 1.82) is 0 Å². The Hall–Kier alpha value is -1.32. The average Bonchev–Trinajstić information content (AvgIpc) is 2.88. The molecule has 0 aliphatic carbocycles. The van der Waals surface area contributed by atoms with E-state index in [0.717, 1.165) is 19.1 Å². The molecular weight excluding hydrogens is 234 g/mol. The molecule has 3 N–H and O–H groups in total. The monoisotopic (exact) mass is 257 g/mol. The van der Waals surface area contributed by atoms with Crippen LogP contribution in [0.3, 0.4) is 0 Å². The standard InChI is InChI=1S/C16H23N3/c1-2-7-16-15(6-1)13(12-19-16)11-17-10-8-14-5-3-4-9-18-14/h1-2,6-7,12,14,17-19H,3-5,8-11H2. The van der Waals surface area contributed by atoms with E-state index in [-0.39, 0.29) is 0 Å². The van der Waals surface area contributed by atoms with Crippen molar-refractivity contribution >= 4 is 10.9 Å². The van der Waals surface area contributed by atoms with E-state index in [1.54, 1.807) is 0 Å². The van der Waals surface area contributed by atoms with Gasteiger partial charge in [0.25, 0.3) is 0 Å². The quantitative estimate of drug-likeness (QED) is 0.721. The highest BCUT2D eigenvalue weighted by Crippen LogP contribution is 2.17. The number of para-hydroxylation sites is 1. The zero-order valence-electron chi connectivity index (χ0n) is 11.4. The molecular formula is C16H23N3. The van der Waals surface area contributed by atoms with E-state index < -0.39 is 0 Å². The molecule has 1 saturated heterocycles. The predicted molar refractivity (Wildman–Crippen MR) is 80.3 cm³/mol. The highest BCUT2D eigenvalue weighted by molar-refractivity contribution is 5.82. The van der Waals surface area contributed by atoms with Crippen LogP contribution in [0.2, 0.25) is 0 Å². The van der Waals surface area contributed by atoms with Crippen LogP contribution in [-0.4, -0.2) is 24.1 Å². The van der Waals surface area contributed by atoms with Crippen molar-refractivity contribution in [2.75, 3.05) is 13.1 Å². The first-order chi connectivity index (χ1) is 9.43. The molecule has 1 fully saturated rings. The normalized spacial score (nSPS) is 19.9. The molecule has 2 aromatic rings. The predicted octanol–water partition coefficient (Wildman–Crippen LogP) is 2.79. The van der Waals surface area contributed by atoms with Gasteiger partial charge in [-0.05, 0) is 44.0 Å². The fraction of sp³-hybridized carbons (Fsp3) is 0.500. The molecule has 3 nitrogen and oxygen atoms in total. The van der Waals surface area contributed by atoms with Gasteiger partial charge in [-0.3, -0.25) is 0 Å². The number of hydrogen-bond acceptors (Lipinski definition) is 2. The maximum Gasteiger partial charge on any atom is 0.0457 e. The molecule has 1 atom stereocenters. The minimum absolute atomic E-state index is 0.726. The van der Waals surface area contributed by atoms with E-state index in [2.05, 4.69) is 46.1 Å². The summed E-state index contributed by atoms with van der Waals surface area (Å²) in [5.74, 6) is 0. The number of nitrogens with one attached hydrogen (secondary N) is 3. The van der Waals surface area contributed by atoms with Crippen LogP contribution >= 0.6 is 0 Å². The summed E-state index contributed by atoms with van der Waals surface area (Å²) in [6, 6.07) is 9.22. The lowest BCUT2D eigenvalue weighted by molar-refractivity contribution is 0.376. The summed E-state index contributed by atoms with van der Waals surface area (Å²) in [5, 5.41) is 8.50. The van der Waals surface area contributed by atoms with Gasteiger partial charge in [0.1, 0.15) is 0 Å². The lowest BCUT2D eigenvalue weighted by Crippen LogP contribution is -2.36. The molecule has 0 spiro atoms. The van der Waals surface area contributed by atoms with Crippen LogP contribution in [0.1, 0.15) is 31.2 Å². The van der Waals surface area contributed by atoms with Crippen LogP contribution in [0.5, 0.6) is 0 Å². The maximum absolute atomic E-state index is 3.60. The summed E-state index contributed by atoms with van der Waals surface area (Å²) in [7, 11) is 0. The Labute approximate surface area is 114 Å². The third-order valence-electron chi connectivity index (χ3n) is 4.07. The lowest BCUT2D eigenvalue weighted by atomic mass is 10.0. The van der Waals surface area contributed by atoms with Gasteiger partial charge in [0, 0.05) is 29.7 Å². The van der Waals surface area contributed by atoms with Gasteiger partial charge in [0.15, 0.2) is 0 Å². The molecule has 1 aromatic heterocycles. The number of aromatic amines is 1. The van der Waals surface area contributed by atoms with Gasteiger partial charge in [-0.25, -0.2) is 0 Å². The van der Waals surface area contributed by atoms with Crippen molar-refractivity contribution < 1.29 is 0 Å². The smallest absolute Gasteiger partial charge is 0.0457 e. The molecule has 1 aliphatic heterocycles. The van der Waals surface area contributed by atoms with E-state index in [4.69, 9.17) is 0 Å². The average molecular weight is 257 g/mol. The van der Waals surface area contributed by atoms with Crippen molar-refractivity contribution in [2.45, 2.75) is 38.3 Å². The van der Waals surface area contributed by atoms with Gasteiger partial charge in [-0.15, -0.1) is 0 Å². The fourth-order valence-corrected chi connectivity index (χ4v) is 2.95. The number of fused-ring (bicyclic) bond motifs is 1. The van der Waals surface area contributed by atoms with Crippen molar-refractivity contribution in [2.24, 2.45) is 0 Å². The summed E-state index contributed by atoms with van der Waals surface area (Å²) in [6.45, 7) is 3.25. The molecule has 1 aromatic carbocycles. The Balaban J connectivity index is 1.47. The Morgan fingerprint density at radius 3 is 3.05 bits per heavy atom. The molecule has 2 heterocycles. The summed E-state index contributed by atoms with van der Waals surface area (Å²) in [6.07, 6.45) is 7.44. The summed E-state index contributed by atoms with van der Waals surface area (Å²) in [5.41, 5.74) is 2.60. The van der Waals surface area contributed by atoms with E-state index in [0.29, 0.717) is 0 Å². The number of piperidine rings is 1. The van der Waals surface area contributed by atoms with Gasteiger partial charge < -0.3 is 15.6 Å². The van der Waals surface area contributed by atoms with E-state index in [1.807, 2.05) is 0 Å². The zero-order chi connectivity index (χ0) is 12.9. The molecule has 0 radical (unpaired) electrons. The topological polar surface area (TPSA) is 39.8 Å². The third-order valence-corrected chi connectivity index (χ3v) is 4.07. The molecule has 0 saturated carbocycles. The van der Waals surface area contributed by atoms with E-state index in [9.17, 15) is 0 Å². The van der Waals surface area contributed by atoms with Crippen LogP contribution in [0.15, 0.2) is 30.5 Å². The lowest BCUT2D eigenvalue weighted by Gasteiger charge is -2.23. The molecule has 1 aliphatic rings. The van der Waals surface area contributed by atoms with E-state index >= 15 is 0 Å². The van der Waals surface area contributed by atoms with Crippen LogP contribution in [0, 0.1) is 0 Å². The molecule has 3 heteroatoms. The Bertz CT molecular complexity index is 511. The summed E-state index contributed by atoms with van der Waals surface area (Å²) in [4.78, 5) is 3.33. The van der Waals surface area contributed by atoms with Gasteiger partial charge in [0.05, 0.1) is 0 Å². The minimum Gasteiger partial charge on any atom is -0.361 e. The fourth-order valence-electron chi connectivity index (χ4n) is 2.95. The molecule has 3 rings (SSSR count). The van der Waals surface area contributed by atoms with Gasteiger partial charge >= 0.3 is 0 Å². The zero-order valence-corrected chi connectivity index (χ0v) is 11.4. The Morgan fingerprint density at radius 2 is 2.16 bits per heavy atom. The van der Waals surface area contributed by atoms with Gasteiger partial charge in [-0.1, -0.05) is 24.6 Å². The molecule has 0 bridgehead atoms. The number of H-pyrrole nitrogens is 1. The number of benzene rings is 1.